The molecule has 0 bridgehead atoms. The summed E-state index contributed by atoms with van der Waals surface area (Å²) >= 11 is 0.00313. The van der Waals surface area contributed by atoms with Crippen LogP contribution in [0.1, 0.15) is 11.1 Å². The van der Waals surface area contributed by atoms with E-state index in [4.69, 9.17) is 0 Å². The predicted molar refractivity (Wildman–Crippen MR) is 59.8 cm³/mol. The molecule has 16 heavy (non-hydrogen) atoms. The lowest BCUT2D eigenvalue weighted by molar-refractivity contribution is -0.597. The van der Waals surface area contributed by atoms with Gasteiger partial charge in [-0.2, -0.15) is 0 Å². The van der Waals surface area contributed by atoms with Crippen LogP contribution in [0.2, 0.25) is 0 Å². The van der Waals surface area contributed by atoms with Crippen LogP contribution in [-0.4, -0.2) is 0 Å². The van der Waals surface area contributed by atoms with Gasteiger partial charge in [-0.05, 0) is 38.1 Å². The van der Waals surface area contributed by atoms with Gasteiger partial charge in [0.05, 0.1) is 0 Å². The Kier molecular flexibility index (Phi) is 4.93. The second-order valence-corrected chi connectivity index (χ2v) is 6.72. The molecule has 0 spiro atoms. The van der Waals surface area contributed by atoms with Gasteiger partial charge < -0.3 is 4.70 Å². The van der Waals surface area contributed by atoms with Crippen molar-refractivity contribution in [3.05, 3.63) is 66.8 Å². The number of benzene rings is 2. The van der Waals surface area contributed by atoms with Crippen molar-refractivity contribution in [1.29, 1.82) is 0 Å². The van der Waals surface area contributed by atoms with Crippen molar-refractivity contribution in [2.45, 2.75) is 13.8 Å². The van der Waals surface area contributed by atoms with Gasteiger partial charge in [0.25, 0.3) is 0 Å². The van der Waals surface area contributed by atoms with Gasteiger partial charge in [-0.1, -0.05) is 35.4 Å². The molecule has 0 aliphatic heterocycles. The van der Waals surface area contributed by atoms with Gasteiger partial charge in [-0.25, -0.2) is 0 Å². The highest BCUT2D eigenvalue weighted by atomic mass is 127. The smallest absolute Gasteiger partial charge is 0.357 e. The molecule has 0 saturated carbocycles. The number of hydrogen-bond acceptors (Lipinski definition) is 0. The first-order chi connectivity index (χ1) is 7.24. The molecule has 0 unspecified atom stereocenters. The van der Waals surface area contributed by atoms with E-state index < -0.39 is 0 Å². The molecule has 2 rings (SSSR count). The first-order valence-corrected chi connectivity index (χ1v) is 7.18. The summed E-state index contributed by atoms with van der Waals surface area (Å²) in [7, 11) is 0. The van der Waals surface area contributed by atoms with Crippen molar-refractivity contribution >= 4 is 0 Å². The minimum atomic E-state index is 0. The SMILES string of the molecule is Cc1ccc([I+]c2ccc(C)cc2)cc1.[F-]. The van der Waals surface area contributed by atoms with E-state index in [1.807, 2.05) is 0 Å². The Morgan fingerprint density at radius 3 is 1.25 bits per heavy atom. The van der Waals surface area contributed by atoms with Crippen LogP contribution >= 0.6 is 0 Å². The zero-order chi connectivity index (χ0) is 10.7. The van der Waals surface area contributed by atoms with Crippen molar-refractivity contribution < 1.29 is 25.9 Å². The molecule has 0 aromatic heterocycles. The summed E-state index contributed by atoms with van der Waals surface area (Å²) < 4.78 is 2.98. The fourth-order valence-electron chi connectivity index (χ4n) is 1.32. The van der Waals surface area contributed by atoms with Crippen LogP contribution in [0.25, 0.3) is 0 Å². The maximum atomic E-state index is 2.25. The van der Waals surface area contributed by atoms with Gasteiger partial charge in [-0.3, -0.25) is 0 Å². The van der Waals surface area contributed by atoms with E-state index in [2.05, 4.69) is 62.4 Å². The molecule has 0 aliphatic carbocycles. The third kappa shape index (κ3) is 3.59. The molecule has 0 radical (unpaired) electrons. The van der Waals surface area contributed by atoms with Crippen LogP contribution in [0.4, 0.5) is 0 Å². The maximum Gasteiger partial charge on any atom is 0.357 e. The van der Waals surface area contributed by atoms with Gasteiger partial charge in [-0.15, -0.1) is 0 Å². The van der Waals surface area contributed by atoms with Crippen LogP contribution < -0.4 is 25.9 Å². The summed E-state index contributed by atoms with van der Waals surface area (Å²) in [6.45, 7) is 4.27. The van der Waals surface area contributed by atoms with Gasteiger partial charge in [0.1, 0.15) is 0 Å². The van der Waals surface area contributed by atoms with Crippen molar-refractivity contribution in [3.8, 4) is 0 Å². The zero-order valence-corrected chi connectivity index (χ0v) is 11.5. The quantitative estimate of drug-likeness (QED) is 0.532. The van der Waals surface area contributed by atoms with E-state index in [-0.39, 0.29) is 25.9 Å². The van der Waals surface area contributed by atoms with Crippen LogP contribution in [0.5, 0.6) is 0 Å². The second-order valence-electron chi connectivity index (χ2n) is 3.69. The van der Waals surface area contributed by atoms with Crippen molar-refractivity contribution in [1.82, 2.24) is 0 Å². The first-order valence-electron chi connectivity index (χ1n) is 5.02. The van der Waals surface area contributed by atoms with Gasteiger partial charge in [0.2, 0.25) is 0 Å². The molecule has 0 atom stereocenters. The highest BCUT2D eigenvalue weighted by Crippen LogP contribution is 1.95. The first kappa shape index (κ1) is 13.2. The minimum Gasteiger partial charge on any atom is -1.00 e. The third-order valence-corrected chi connectivity index (χ3v) is 4.92. The van der Waals surface area contributed by atoms with Crippen molar-refractivity contribution in [3.63, 3.8) is 0 Å². The summed E-state index contributed by atoms with van der Waals surface area (Å²) in [6.07, 6.45) is 0. The van der Waals surface area contributed by atoms with Gasteiger partial charge >= 0.3 is 21.2 Å². The van der Waals surface area contributed by atoms with Crippen LogP contribution in [0, 0.1) is 21.0 Å². The fourth-order valence-corrected chi connectivity index (χ4v) is 3.48. The normalized spacial score (nSPS) is 9.62. The fraction of sp³-hybridized carbons (Fsp3) is 0.143. The van der Waals surface area contributed by atoms with E-state index >= 15 is 0 Å². The second kappa shape index (κ2) is 5.99. The molecule has 2 aromatic carbocycles. The Morgan fingerprint density at radius 1 is 0.625 bits per heavy atom. The molecule has 2 aromatic rings. The highest BCUT2D eigenvalue weighted by molar-refractivity contribution is 5.13. The number of rotatable bonds is 2. The molecular formula is C14H14FI. The number of halogens is 2. The molecule has 0 amide bonds. The van der Waals surface area contributed by atoms with E-state index in [1.54, 1.807) is 0 Å². The molecular weight excluding hydrogens is 314 g/mol. The average Bonchev–Trinajstić information content (AvgIpc) is 2.25. The molecule has 84 valence electrons. The Labute approximate surface area is 106 Å². The van der Waals surface area contributed by atoms with Crippen LogP contribution in [-0.2, 0) is 0 Å². The summed E-state index contributed by atoms with van der Waals surface area (Å²) in [5.74, 6) is 0. The lowest BCUT2D eigenvalue weighted by Crippen LogP contribution is -3.61. The average molecular weight is 328 g/mol. The standard InChI is InChI=1S/C14H14I.FH/c1-11-3-7-13(8-4-11)15-14-9-5-12(2)6-10-14;/h3-10H,1-2H3;1H/q+1;/p-1. The zero-order valence-electron chi connectivity index (χ0n) is 9.37. The summed E-state index contributed by atoms with van der Waals surface area (Å²) in [5, 5.41) is 0. The lowest BCUT2D eigenvalue weighted by Gasteiger charge is -1.90. The van der Waals surface area contributed by atoms with E-state index in [0.29, 0.717) is 0 Å². The van der Waals surface area contributed by atoms with E-state index in [1.165, 1.54) is 18.3 Å². The summed E-state index contributed by atoms with van der Waals surface area (Å²) in [4.78, 5) is 0. The van der Waals surface area contributed by atoms with Crippen LogP contribution in [0.3, 0.4) is 0 Å². The number of hydrogen-bond donors (Lipinski definition) is 0. The third-order valence-electron chi connectivity index (χ3n) is 2.24. The minimum absolute atomic E-state index is 0. The van der Waals surface area contributed by atoms with E-state index in [0.717, 1.165) is 0 Å². The monoisotopic (exact) mass is 328 g/mol. The topological polar surface area (TPSA) is 0 Å². The molecule has 0 heterocycles. The maximum absolute atomic E-state index is 2.25. The summed E-state index contributed by atoms with van der Waals surface area (Å²) in [6, 6.07) is 17.8. The molecule has 0 aliphatic rings. The van der Waals surface area contributed by atoms with E-state index in [9.17, 15) is 0 Å². The highest BCUT2D eigenvalue weighted by Gasteiger charge is 2.13. The van der Waals surface area contributed by atoms with Gasteiger partial charge in [0.15, 0.2) is 7.14 Å². The molecule has 0 saturated heterocycles. The molecule has 2 heteroatoms. The van der Waals surface area contributed by atoms with Crippen molar-refractivity contribution in [2.75, 3.05) is 0 Å². The Morgan fingerprint density at radius 2 is 0.938 bits per heavy atom. The lowest BCUT2D eigenvalue weighted by atomic mass is 10.2. The largest absolute Gasteiger partial charge is 1.00 e. The van der Waals surface area contributed by atoms with Gasteiger partial charge in [0, 0.05) is 0 Å². The van der Waals surface area contributed by atoms with Crippen molar-refractivity contribution in [2.24, 2.45) is 0 Å². The Hall–Kier alpha value is -0.900. The molecule has 0 fully saturated rings. The number of aryl methyl sites for hydroxylation is 2. The van der Waals surface area contributed by atoms with Crippen LogP contribution in [0.15, 0.2) is 48.5 Å². The predicted octanol–water partition coefficient (Wildman–Crippen LogP) is -2.56. The molecule has 0 nitrogen and oxygen atoms in total. The Bertz CT molecular complexity index is 388. The molecule has 0 N–H and O–H groups in total. The summed E-state index contributed by atoms with van der Waals surface area (Å²) in [5.41, 5.74) is 2.68. The Balaban J connectivity index is 0.00000128.